The van der Waals surface area contributed by atoms with E-state index in [1.54, 1.807) is 6.07 Å². The van der Waals surface area contributed by atoms with Crippen LogP contribution in [0.1, 0.15) is 22.3 Å². The molecule has 0 aliphatic carbocycles. The number of para-hydroxylation sites is 1. The fourth-order valence-electron chi connectivity index (χ4n) is 2.19. The summed E-state index contributed by atoms with van der Waals surface area (Å²) in [5, 5.41) is 11.7. The first-order valence-corrected chi connectivity index (χ1v) is 7.18. The number of aryl methyl sites for hydroxylation is 3. The van der Waals surface area contributed by atoms with Crippen molar-refractivity contribution < 1.29 is 9.18 Å². The van der Waals surface area contributed by atoms with Gasteiger partial charge in [-0.25, -0.2) is 4.39 Å². The van der Waals surface area contributed by atoms with E-state index in [9.17, 15) is 14.4 Å². The topological polar surface area (TPSA) is 52.9 Å². The number of hydrogen-bond acceptors (Lipinski definition) is 2. The van der Waals surface area contributed by atoms with Crippen molar-refractivity contribution in [1.29, 1.82) is 5.26 Å². The molecule has 0 saturated carbocycles. The number of anilines is 1. The van der Waals surface area contributed by atoms with Crippen LogP contribution in [0, 0.1) is 37.9 Å². The predicted octanol–water partition coefficient (Wildman–Crippen LogP) is 4.30. The Morgan fingerprint density at radius 1 is 1.13 bits per heavy atom. The van der Waals surface area contributed by atoms with Crippen LogP contribution < -0.4 is 5.32 Å². The van der Waals surface area contributed by atoms with Gasteiger partial charge in [0.2, 0.25) is 0 Å². The number of benzene rings is 2. The summed E-state index contributed by atoms with van der Waals surface area (Å²) < 4.78 is 13.6. The SMILES string of the molecule is Cc1cc(C)c(/C=C(\C#N)C(=O)Nc2ccccc2F)cc1C. The zero-order valence-electron chi connectivity index (χ0n) is 13.3. The highest BCUT2D eigenvalue weighted by atomic mass is 19.1. The van der Waals surface area contributed by atoms with E-state index in [0.717, 1.165) is 22.3 Å². The molecule has 0 radical (unpaired) electrons. The molecule has 2 aromatic carbocycles. The van der Waals surface area contributed by atoms with Crippen molar-refractivity contribution in [3.8, 4) is 6.07 Å². The fraction of sp³-hybridized carbons (Fsp3) is 0.158. The molecular formula is C19H17FN2O. The predicted molar refractivity (Wildman–Crippen MR) is 89.3 cm³/mol. The highest BCUT2D eigenvalue weighted by Crippen LogP contribution is 2.19. The summed E-state index contributed by atoms with van der Waals surface area (Å²) in [6, 6.07) is 11.7. The van der Waals surface area contributed by atoms with Gasteiger partial charge in [-0.15, -0.1) is 0 Å². The first-order chi connectivity index (χ1) is 10.9. The summed E-state index contributed by atoms with van der Waals surface area (Å²) in [6.45, 7) is 5.89. The maximum atomic E-state index is 13.6. The number of amides is 1. The second-order valence-corrected chi connectivity index (χ2v) is 5.40. The quantitative estimate of drug-likeness (QED) is 0.679. The van der Waals surface area contributed by atoms with Crippen LogP contribution in [0.2, 0.25) is 0 Å². The molecule has 2 aromatic rings. The molecule has 0 aliphatic rings. The normalized spacial score (nSPS) is 11.0. The third-order valence-corrected chi connectivity index (χ3v) is 3.67. The first-order valence-electron chi connectivity index (χ1n) is 7.18. The maximum absolute atomic E-state index is 13.6. The molecule has 4 heteroatoms. The Bertz CT molecular complexity index is 832. The molecule has 0 saturated heterocycles. The van der Waals surface area contributed by atoms with E-state index in [1.165, 1.54) is 24.3 Å². The summed E-state index contributed by atoms with van der Waals surface area (Å²) in [7, 11) is 0. The van der Waals surface area contributed by atoms with Crippen molar-refractivity contribution >= 4 is 17.7 Å². The highest BCUT2D eigenvalue weighted by Gasteiger charge is 2.12. The average molecular weight is 308 g/mol. The van der Waals surface area contributed by atoms with Gasteiger partial charge in [0.25, 0.3) is 5.91 Å². The zero-order chi connectivity index (χ0) is 17.0. The molecule has 1 N–H and O–H groups in total. The largest absolute Gasteiger partial charge is 0.319 e. The van der Waals surface area contributed by atoms with Gasteiger partial charge in [0, 0.05) is 0 Å². The number of nitriles is 1. The van der Waals surface area contributed by atoms with Crippen LogP contribution in [0.4, 0.5) is 10.1 Å². The van der Waals surface area contributed by atoms with E-state index in [-0.39, 0.29) is 11.3 Å². The molecule has 0 bridgehead atoms. The first kappa shape index (κ1) is 16.4. The molecule has 0 aromatic heterocycles. The molecule has 3 nitrogen and oxygen atoms in total. The summed E-state index contributed by atoms with van der Waals surface area (Å²) in [6.07, 6.45) is 1.53. The van der Waals surface area contributed by atoms with E-state index < -0.39 is 11.7 Å². The molecule has 0 heterocycles. The molecular weight excluding hydrogens is 291 g/mol. The second kappa shape index (κ2) is 6.89. The summed E-state index contributed by atoms with van der Waals surface area (Å²) in [5.74, 6) is -1.17. The minimum absolute atomic E-state index is 0.0514. The number of rotatable bonds is 3. The average Bonchev–Trinajstić information content (AvgIpc) is 2.51. The Kier molecular flexibility index (Phi) is 4.92. The van der Waals surface area contributed by atoms with E-state index in [4.69, 9.17) is 0 Å². The van der Waals surface area contributed by atoms with Gasteiger partial charge in [0.1, 0.15) is 17.5 Å². The van der Waals surface area contributed by atoms with Gasteiger partial charge in [-0.05, 0) is 61.2 Å². The Hall–Kier alpha value is -2.93. The minimum Gasteiger partial charge on any atom is -0.319 e. The Morgan fingerprint density at radius 3 is 2.43 bits per heavy atom. The number of carbonyl (C=O) groups is 1. The smallest absolute Gasteiger partial charge is 0.266 e. The van der Waals surface area contributed by atoms with Gasteiger partial charge in [-0.2, -0.15) is 5.26 Å². The van der Waals surface area contributed by atoms with Crippen molar-refractivity contribution in [2.45, 2.75) is 20.8 Å². The Balaban J connectivity index is 2.33. The minimum atomic E-state index is -0.629. The van der Waals surface area contributed by atoms with Gasteiger partial charge in [-0.3, -0.25) is 4.79 Å². The van der Waals surface area contributed by atoms with Crippen molar-refractivity contribution in [2.75, 3.05) is 5.32 Å². The number of hydrogen-bond donors (Lipinski definition) is 1. The van der Waals surface area contributed by atoms with Gasteiger partial charge in [-0.1, -0.05) is 24.3 Å². The standard InChI is InChI=1S/C19H17FN2O/c1-12-8-14(3)15(9-13(12)2)10-16(11-21)19(23)22-18-7-5-4-6-17(18)20/h4-10H,1-3H3,(H,22,23)/b16-10+. The van der Waals surface area contributed by atoms with Gasteiger partial charge in [0.15, 0.2) is 0 Å². The highest BCUT2D eigenvalue weighted by molar-refractivity contribution is 6.09. The Morgan fingerprint density at radius 2 is 1.78 bits per heavy atom. The van der Waals surface area contributed by atoms with Gasteiger partial charge < -0.3 is 5.32 Å². The molecule has 0 fully saturated rings. The van der Waals surface area contributed by atoms with Crippen LogP contribution in [0.5, 0.6) is 0 Å². The maximum Gasteiger partial charge on any atom is 0.266 e. The van der Waals surface area contributed by atoms with Crippen molar-refractivity contribution in [2.24, 2.45) is 0 Å². The second-order valence-electron chi connectivity index (χ2n) is 5.40. The summed E-state index contributed by atoms with van der Waals surface area (Å²) in [4.78, 5) is 12.2. The Labute approximate surface area is 135 Å². The third-order valence-electron chi connectivity index (χ3n) is 3.67. The zero-order valence-corrected chi connectivity index (χ0v) is 13.3. The third kappa shape index (κ3) is 3.83. The van der Waals surface area contributed by atoms with Crippen LogP contribution >= 0.6 is 0 Å². The summed E-state index contributed by atoms with van der Waals surface area (Å²) >= 11 is 0. The van der Waals surface area contributed by atoms with Crippen LogP contribution in [-0.2, 0) is 4.79 Å². The molecule has 0 atom stereocenters. The van der Waals surface area contributed by atoms with Crippen LogP contribution in [0.15, 0.2) is 42.0 Å². The molecule has 23 heavy (non-hydrogen) atoms. The monoisotopic (exact) mass is 308 g/mol. The number of carbonyl (C=O) groups excluding carboxylic acids is 1. The molecule has 0 spiro atoms. The van der Waals surface area contributed by atoms with E-state index >= 15 is 0 Å². The fourth-order valence-corrected chi connectivity index (χ4v) is 2.19. The van der Waals surface area contributed by atoms with Crippen LogP contribution in [0.3, 0.4) is 0 Å². The van der Waals surface area contributed by atoms with Crippen molar-refractivity contribution in [1.82, 2.24) is 0 Å². The lowest BCUT2D eigenvalue weighted by molar-refractivity contribution is -0.112. The lowest BCUT2D eigenvalue weighted by Gasteiger charge is -2.08. The molecule has 0 unspecified atom stereocenters. The lowest BCUT2D eigenvalue weighted by Crippen LogP contribution is -2.14. The molecule has 116 valence electrons. The number of nitrogens with zero attached hydrogens (tertiary/aromatic N) is 1. The molecule has 0 aliphatic heterocycles. The van der Waals surface area contributed by atoms with Gasteiger partial charge >= 0.3 is 0 Å². The van der Waals surface area contributed by atoms with Crippen LogP contribution in [-0.4, -0.2) is 5.91 Å². The summed E-state index contributed by atoms with van der Waals surface area (Å²) in [5.41, 5.74) is 3.98. The van der Waals surface area contributed by atoms with Crippen LogP contribution in [0.25, 0.3) is 6.08 Å². The van der Waals surface area contributed by atoms with E-state index in [1.807, 2.05) is 39.0 Å². The van der Waals surface area contributed by atoms with E-state index in [2.05, 4.69) is 5.32 Å². The molecule has 2 rings (SSSR count). The van der Waals surface area contributed by atoms with Crippen molar-refractivity contribution in [3.05, 3.63) is 70.0 Å². The van der Waals surface area contributed by atoms with Gasteiger partial charge in [0.05, 0.1) is 5.69 Å². The van der Waals surface area contributed by atoms with Crippen molar-refractivity contribution in [3.63, 3.8) is 0 Å². The molecule has 1 amide bonds. The number of halogens is 1. The lowest BCUT2D eigenvalue weighted by atomic mass is 9.99. The van der Waals surface area contributed by atoms with E-state index in [0.29, 0.717) is 0 Å². The number of nitrogens with one attached hydrogen (secondary N) is 1.